The van der Waals surface area contributed by atoms with Crippen molar-refractivity contribution >= 4 is 5.84 Å². The van der Waals surface area contributed by atoms with Crippen molar-refractivity contribution in [2.24, 2.45) is 10.9 Å². The van der Waals surface area contributed by atoms with Gasteiger partial charge >= 0.3 is 0 Å². The van der Waals surface area contributed by atoms with Crippen LogP contribution in [0.3, 0.4) is 0 Å². The standard InChI is InChI=1S/C12H19N3O3/c1-12(2,3)18-8-7-17-10-6-4-5-9(14-10)11(13)15-16/h4-6,16H,7-8H2,1-3H3,(H2,13,15). The highest BCUT2D eigenvalue weighted by Gasteiger charge is 2.09. The maximum absolute atomic E-state index is 8.54. The molecule has 0 saturated heterocycles. The van der Waals surface area contributed by atoms with Crippen molar-refractivity contribution in [1.29, 1.82) is 0 Å². The Kier molecular flexibility index (Phi) is 4.91. The number of pyridine rings is 1. The minimum absolute atomic E-state index is 0.0496. The lowest BCUT2D eigenvalue weighted by atomic mass is 10.2. The van der Waals surface area contributed by atoms with Crippen LogP contribution in [-0.4, -0.2) is 34.8 Å². The minimum Gasteiger partial charge on any atom is -0.475 e. The van der Waals surface area contributed by atoms with Crippen LogP contribution < -0.4 is 10.5 Å². The summed E-state index contributed by atoms with van der Waals surface area (Å²) in [6, 6.07) is 5.05. The monoisotopic (exact) mass is 253 g/mol. The third kappa shape index (κ3) is 5.01. The highest BCUT2D eigenvalue weighted by atomic mass is 16.5. The third-order valence-corrected chi connectivity index (χ3v) is 1.96. The summed E-state index contributed by atoms with van der Waals surface area (Å²) >= 11 is 0. The van der Waals surface area contributed by atoms with Crippen LogP contribution in [0, 0.1) is 0 Å². The van der Waals surface area contributed by atoms with Gasteiger partial charge in [0.1, 0.15) is 12.3 Å². The van der Waals surface area contributed by atoms with Crippen LogP contribution in [0.25, 0.3) is 0 Å². The lowest BCUT2D eigenvalue weighted by molar-refractivity contribution is -0.0168. The van der Waals surface area contributed by atoms with Crippen molar-refractivity contribution in [2.75, 3.05) is 13.2 Å². The molecule has 1 heterocycles. The molecular weight excluding hydrogens is 234 g/mol. The predicted molar refractivity (Wildman–Crippen MR) is 67.9 cm³/mol. The zero-order valence-electron chi connectivity index (χ0n) is 10.9. The van der Waals surface area contributed by atoms with E-state index < -0.39 is 0 Å². The largest absolute Gasteiger partial charge is 0.475 e. The molecule has 100 valence electrons. The van der Waals surface area contributed by atoms with Gasteiger partial charge in [-0.3, -0.25) is 0 Å². The Labute approximate surface area is 106 Å². The molecule has 0 amide bonds. The van der Waals surface area contributed by atoms with Crippen molar-refractivity contribution in [2.45, 2.75) is 26.4 Å². The Morgan fingerprint density at radius 2 is 2.11 bits per heavy atom. The van der Waals surface area contributed by atoms with Crippen molar-refractivity contribution in [1.82, 2.24) is 4.98 Å². The van der Waals surface area contributed by atoms with Crippen molar-refractivity contribution < 1.29 is 14.7 Å². The van der Waals surface area contributed by atoms with Crippen LogP contribution in [0.2, 0.25) is 0 Å². The summed E-state index contributed by atoms with van der Waals surface area (Å²) in [6.45, 7) is 6.79. The number of amidine groups is 1. The lowest BCUT2D eigenvalue weighted by Gasteiger charge is -2.19. The topological polar surface area (TPSA) is 90.0 Å². The molecule has 0 unspecified atom stereocenters. The van der Waals surface area contributed by atoms with E-state index in [0.29, 0.717) is 24.8 Å². The molecule has 0 atom stereocenters. The summed E-state index contributed by atoms with van der Waals surface area (Å²) in [6.07, 6.45) is 0. The molecule has 0 spiro atoms. The van der Waals surface area contributed by atoms with E-state index in [1.807, 2.05) is 20.8 Å². The summed E-state index contributed by atoms with van der Waals surface area (Å²) < 4.78 is 10.9. The van der Waals surface area contributed by atoms with Crippen LogP contribution in [-0.2, 0) is 4.74 Å². The predicted octanol–water partition coefficient (Wildman–Crippen LogP) is 1.37. The molecule has 1 rings (SSSR count). The van der Waals surface area contributed by atoms with E-state index in [-0.39, 0.29) is 11.4 Å². The Balaban J connectivity index is 2.48. The molecule has 0 radical (unpaired) electrons. The fraction of sp³-hybridized carbons (Fsp3) is 0.500. The zero-order valence-corrected chi connectivity index (χ0v) is 10.9. The first-order valence-electron chi connectivity index (χ1n) is 5.64. The van der Waals surface area contributed by atoms with Crippen molar-refractivity contribution in [3.8, 4) is 5.88 Å². The van der Waals surface area contributed by atoms with Gasteiger partial charge in [-0.1, -0.05) is 11.2 Å². The molecule has 0 aliphatic rings. The molecule has 0 aliphatic carbocycles. The maximum Gasteiger partial charge on any atom is 0.213 e. The zero-order chi connectivity index (χ0) is 13.6. The Morgan fingerprint density at radius 3 is 2.72 bits per heavy atom. The van der Waals surface area contributed by atoms with Gasteiger partial charge < -0.3 is 20.4 Å². The van der Waals surface area contributed by atoms with Crippen LogP contribution in [0.1, 0.15) is 26.5 Å². The first kappa shape index (κ1) is 14.2. The summed E-state index contributed by atoms with van der Waals surface area (Å²) in [4.78, 5) is 4.08. The van der Waals surface area contributed by atoms with Gasteiger partial charge in [0.15, 0.2) is 5.84 Å². The number of rotatable bonds is 5. The second kappa shape index (κ2) is 6.20. The van der Waals surface area contributed by atoms with E-state index in [2.05, 4.69) is 10.1 Å². The number of ether oxygens (including phenoxy) is 2. The summed E-state index contributed by atoms with van der Waals surface area (Å²) in [5.41, 5.74) is 5.61. The molecule has 3 N–H and O–H groups in total. The van der Waals surface area contributed by atoms with Crippen molar-refractivity contribution in [3.63, 3.8) is 0 Å². The third-order valence-electron chi connectivity index (χ3n) is 1.96. The second-order valence-electron chi connectivity index (χ2n) is 4.66. The van der Waals surface area contributed by atoms with E-state index in [1.54, 1.807) is 18.2 Å². The Bertz CT molecular complexity index is 413. The summed E-state index contributed by atoms with van der Waals surface area (Å²) in [5.74, 6) is 0.364. The number of oxime groups is 1. The van der Waals surface area contributed by atoms with E-state index in [0.717, 1.165) is 0 Å². The van der Waals surface area contributed by atoms with Gasteiger partial charge in [-0.05, 0) is 26.8 Å². The normalized spacial score (nSPS) is 12.5. The molecule has 1 aromatic rings. The van der Waals surface area contributed by atoms with Gasteiger partial charge in [0.2, 0.25) is 5.88 Å². The number of hydrogen-bond acceptors (Lipinski definition) is 5. The van der Waals surface area contributed by atoms with Gasteiger partial charge in [-0.15, -0.1) is 0 Å². The highest BCUT2D eigenvalue weighted by molar-refractivity contribution is 5.95. The van der Waals surface area contributed by atoms with Crippen LogP contribution in [0.5, 0.6) is 5.88 Å². The van der Waals surface area contributed by atoms with E-state index in [9.17, 15) is 0 Å². The smallest absolute Gasteiger partial charge is 0.213 e. The molecule has 0 aliphatic heterocycles. The van der Waals surface area contributed by atoms with Gasteiger partial charge in [0.05, 0.1) is 12.2 Å². The first-order valence-corrected chi connectivity index (χ1v) is 5.64. The molecule has 0 aromatic carbocycles. The lowest BCUT2D eigenvalue weighted by Crippen LogP contribution is -2.22. The molecule has 18 heavy (non-hydrogen) atoms. The Hall–Kier alpha value is -1.82. The fourth-order valence-corrected chi connectivity index (χ4v) is 1.18. The van der Waals surface area contributed by atoms with E-state index in [1.165, 1.54) is 0 Å². The van der Waals surface area contributed by atoms with Gasteiger partial charge in [0, 0.05) is 6.07 Å². The molecule has 6 heteroatoms. The second-order valence-corrected chi connectivity index (χ2v) is 4.66. The molecule has 6 nitrogen and oxygen atoms in total. The average Bonchev–Trinajstić information content (AvgIpc) is 2.33. The first-order chi connectivity index (χ1) is 8.42. The van der Waals surface area contributed by atoms with Crippen molar-refractivity contribution in [3.05, 3.63) is 23.9 Å². The summed E-state index contributed by atoms with van der Waals surface area (Å²) in [7, 11) is 0. The number of aromatic nitrogens is 1. The van der Waals surface area contributed by atoms with Crippen LogP contribution in [0.15, 0.2) is 23.4 Å². The van der Waals surface area contributed by atoms with E-state index in [4.69, 9.17) is 20.4 Å². The number of nitrogens with two attached hydrogens (primary N) is 1. The molecule has 0 fully saturated rings. The van der Waals surface area contributed by atoms with Gasteiger partial charge in [-0.25, -0.2) is 4.98 Å². The number of hydrogen-bond donors (Lipinski definition) is 2. The maximum atomic E-state index is 8.54. The quantitative estimate of drug-likeness (QED) is 0.272. The highest BCUT2D eigenvalue weighted by Crippen LogP contribution is 2.09. The van der Waals surface area contributed by atoms with E-state index >= 15 is 0 Å². The van der Waals surface area contributed by atoms with Gasteiger partial charge in [0.25, 0.3) is 0 Å². The SMILES string of the molecule is CC(C)(C)OCCOc1cccc(/C(N)=N/O)n1. The van der Waals surface area contributed by atoms with Crippen LogP contribution in [0.4, 0.5) is 0 Å². The minimum atomic E-state index is -0.188. The van der Waals surface area contributed by atoms with Crippen LogP contribution >= 0.6 is 0 Å². The summed E-state index contributed by atoms with van der Waals surface area (Å²) in [5, 5.41) is 11.4. The molecule has 0 bridgehead atoms. The number of nitrogens with zero attached hydrogens (tertiary/aromatic N) is 2. The molecule has 1 aromatic heterocycles. The van der Waals surface area contributed by atoms with Gasteiger partial charge in [-0.2, -0.15) is 0 Å². The average molecular weight is 253 g/mol. The Morgan fingerprint density at radius 1 is 1.39 bits per heavy atom. The molecule has 0 saturated carbocycles. The molecular formula is C12H19N3O3. The fourth-order valence-electron chi connectivity index (χ4n) is 1.18.